The molecule has 0 saturated carbocycles. The van der Waals surface area contributed by atoms with Gasteiger partial charge in [-0.05, 0) is 5.92 Å². The highest BCUT2D eigenvalue weighted by atomic mass is 16.7. The Morgan fingerprint density at radius 2 is 1.75 bits per heavy atom. The van der Waals surface area contributed by atoms with E-state index in [1.54, 1.807) is 13.8 Å². The first-order valence-electron chi connectivity index (χ1n) is 6.45. The Hall–Kier alpha value is -2.10. The Labute approximate surface area is 118 Å². The maximum atomic E-state index is 9.70. The molecule has 0 spiro atoms. The summed E-state index contributed by atoms with van der Waals surface area (Å²) in [6, 6.07) is 6.00. The molecule has 0 aromatic heterocycles. The van der Waals surface area contributed by atoms with E-state index >= 15 is 0 Å². The molecule has 0 radical (unpaired) electrons. The minimum atomic E-state index is -1.69. The van der Waals surface area contributed by atoms with Crippen LogP contribution in [-0.4, -0.2) is 17.8 Å². The van der Waals surface area contributed by atoms with Crippen LogP contribution in [0.4, 0.5) is 0 Å². The van der Waals surface area contributed by atoms with Crippen molar-refractivity contribution in [2.75, 3.05) is 0 Å². The van der Waals surface area contributed by atoms with Gasteiger partial charge in [0.2, 0.25) is 11.7 Å². The van der Waals surface area contributed by atoms with E-state index in [1.807, 2.05) is 32.1 Å². The van der Waals surface area contributed by atoms with Crippen molar-refractivity contribution in [1.29, 1.82) is 21.2 Å². The normalized spacial score (nSPS) is 41.4. The predicted octanol–water partition coefficient (Wildman–Crippen LogP) is 1.94. The van der Waals surface area contributed by atoms with Crippen molar-refractivity contribution in [3.8, 4) is 18.2 Å². The summed E-state index contributed by atoms with van der Waals surface area (Å²) in [5, 5.41) is 37.1. The van der Waals surface area contributed by atoms with Gasteiger partial charge >= 0.3 is 0 Å². The van der Waals surface area contributed by atoms with Crippen LogP contribution < -0.4 is 0 Å². The fourth-order valence-electron chi connectivity index (χ4n) is 3.34. The van der Waals surface area contributed by atoms with Crippen LogP contribution in [0.1, 0.15) is 27.7 Å². The molecule has 104 valence electrons. The summed E-state index contributed by atoms with van der Waals surface area (Å²) in [6.07, 6.45) is -0.728. The van der Waals surface area contributed by atoms with Crippen molar-refractivity contribution in [2.24, 2.45) is 22.7 Å². The molecule has 3 heterocycles. The molecule has 3 rings (SSSR count). The SMILES string of the molecule is CC(C)[C@H]1O[C@@]2(C)OC(=N)[C@@]1(C#N)C(C#N)(C#N)[C@H]2C. The molecular formula is C14H16N4O2. The third-order valence-electron chi connectivity index (χ3n) is 4.64. The predicted molar refractivity (Wildman–Crippen MR) is 67.8 cm³/mol. The molecule has 6 heteroatoms. The molecule has 2 bridgehead atoms. The molecular weight excluding hydrogens is 256 g/mol. The van der Waals surface area contributed by atoms with Crippen LogP contribution in [0.3, 0.4) is 0 Å². The third-order valence-corrected chi connectivity index (χ3v) is 4.64. The van der Waals surface area contributed by atoms with E-state index in [0.717, 1.165) is 0 Å². The van der Waals surface area contributed by atoms with Gasteiger partial charge in [0.05, 0.1) is 30.2 Å². The standard InChI is InChI=1S/C14H16N4O2/c1-8(2)10-14(7-17)11(18)20-12(4,19-10)9(3)13(14,5-15)6-16/h8-10,18H,1-4H3/t9-,10+,12-,14-/m0/s1. The van der Waals surface area contributed by atoms with E-state index in [1.165, 1.54) is 0 Å². The number of nitrogens with one attached hydrogen (secondary N) is 1. The Kier molecular flexibility index (Phi) is 2.82. The topological polar surface area (TPSA) is 114 Å². The van der Waals surface area contributed by atoms with Gasteiger partial charge in [-0.3, -0.25) is 5.41 Å². The fourth-order valence-corrected chi connectivity index (χ4v) is 3.34. The lowest BCUT2D eigenvalue weighted by molar-refractivity contribution is -0.342. The molecule has 6 nitrogen and oxygen atoms in total. The summed E-state index contributed by atoms with van der Waals surface area (Å²) in [5.41, 5.74) is -3.35. The first kappa shape index (κ1) is 14.3. The average molecular weight is 272 g/mol. The number of hydrogen-bond acceptors (Lipinski definition) is 6. The Morgan fingerprint density at radius 3 is 2.15 bits per heavy atom. The highest BCUT2D eigenvalue weighted by Crippen LogP contribution is 2.62. The van der Waals surface area contributed by atoms with Gasteiger partial charge in [0.25, 0.3) is 0 Å². The van der Waals surface area contributed by atoms with Crippen LogP contribution in [0.2, 0.25) is 0 Å². The molecule has 3 fully saturated rings. The molecule has 3 aliphatic rings. The van der Waals surface area contributed by atoms with E-state index < -0.39 is 28.6 Å². The summed E-state index contributed by atoms with van der Waals surface area (Å²) in [7, 11) is 0. The first-order valence-corrected chi connectivity index (χ1v) is 6.45. The van der Waals surface area contributed by atoms with Crippen LogP contribution in [0.25, 0.3) is 0 Å². The number of ether oxygens (including phenoxy) is 2. The maximum absolute atomic E-state index is 9.70. The molecule has 0 aromatic rings. The van der Waals surface area contributed by atoms with Gasteiger partial charge in [0, 0.05) is 6.92 Å². The lowest BCUT2D eigenvalue weighted by Crippen LogP contribution is -2.74. The van der Waals surface area contributed by atoms with Crippen molar-refractivity contribution in [3.63, 3.8) is 0 Å². The van der Waals surface area contributed by atoms with Crippen LogP contribution in [0, 0.1) is 62.1 Å². The first-order chi connectivity index (χ1) is 9.25. The van der Waals surface area contributed by atoms with Crippen molar-refractivity contribution >= 4 is 5.90 Å². The Bertz CT molecular complexity index is 580. The van der Waals surface area contributed by atoms with Crippen molar-refractivity contribution < 1.29 is 9.47 Å². The quantitative estimate of drug-likeness (QED) is 0.783. The van der Waals surface area contributed by atoms with Crippen LogP contribution in [0.15, 0.2) is 0 Å². The molecule has 3 saturated heterocycles. The summed E-state index contributed by atoms with van der Waals surface area (Å²) in [6.45, 7) is 6.95. The minimum Gasteiger partial charge on any atom is -0.448 e. The number of rotatable bonds is 1. The molecule has 0 aliphatic carbocycles. The summed E-state index contributed by atoms with van der Waals surface area (Å²) in [5.74, 6) is -2.36. The zero-order valence-electron chi connectivity index (χ0n) is 11.9. The number of nitriles is 3. The number of nitrogens with zero attached hydrogens (tertiary/aromatic N) is 3. The number of hydrogen-bond donors (Lipinski definition) is 1. The van der Waals surface area contributed by atoms with Crippen molar-refractivity contribution in [3.05, 3.63) is 0 Å². The smallest absolute Gasteiger partial charge is 0.214 e. The molecule has 1 N–H and O–H groups in total. The van der Waals surface area contributed by atoms with E-state index in [9.17, 15) is 15.8 Å². The van der Waals surface area contributed by atoms with E-state index in [0.29, 0.717) is 0 Å². The summed E-state index contributed by atoms with van der Waals surface area (Å²) >= 11 is 0. The summed E-state index contributed by atoms with van der Waals surface area (Å²) < 4.78 is 11.3. The maximum Gasteiger partial charge on any atom is 0.214 e. The van der Waals surface area contributed by atoms with Crippen molar-refractivity contribution in [1.82, 2.24) is 0 Å². The molecule has 20 heavy (non-hydrogen) atoms. The Balaban J connectivity index is 2.83. The molecule has 4 atom stereocenters. The van der Waals surface area contributed by atoms with Gasteiger partial charge in [-0.1, -0.05) is 20.8 Å². The summed E-state index contributed by atoms with van der Waals surface area (Å²) in [4.78, 5) is 0. The lowest BCUT2D eigenvalue weighted by atomic mass is 9.50. The fraction of sp³-hybridized carbons (Fsp3) is 0.714. The second-order valence-electron chi connectivity index (χ2n) is 5.90. The van der Waals surface area contributed by atoms with Crippen LogP contribution >= 0.6 is 0 Å². The van der Waals surface area contributed by atoms with Gasteiger partial charge < -0.3 is 9.47 Å². The van der Waals surface area contributed by atoms with Gasteiger partial charge in [0.1, 0.15) is 0 Å². The lowest BCUT2D eigenvalue weighted by Gasteiger charge is -2.61. The zero-order valence-corrected chi connectivity index (χ0v) is 11.9. The highest BCUT2D eigenvalue weighted by molar-refractivity contribution is 5.88. The van der Waals surface area contributed by atoms with Crippen LogP contribution in [-0.2, 0) is 9.47 Å². The largest absolute Gasteiger partial charge is 0.448 e. The zero-order chi connectivity index (χ0) is 15.3. The molecule has 0 aromatic carbocycles. The minimum absolute atomic E-state index is 0.133. The number of fused-ring (bicyclic) bond motifs is 3. The van der Waals surface area contributed by atoms with Gasteiger partial charge in [0.15, 0.2) is 10.8 Å². The van der Waals surface area contributed by atoms with E-state index in [4.69, 9.17) is 14.9 Å². The molecule has 0 unspecified atom stereocenters. The highest BCUT2D eigenvalue weighted by Gasteiger charge is 2.77. The third kappa shape index (κ3) is 1.22. The average Bonchev–Trinajstić information content (AvgIpc) is 2.40. The van der Waals surface area contributed by atoms with Gasteiger partial charge in [-0.15, -0.1) is 0 Å². The molecule has 0 amide bonds. The van der Waals surface area contributed by atoms with E-state index in [-0.39, 0.29) is 11.8 Å². The van der Waals surface area contributed by atoms with E-state index in [2.05, 4.69) is 0 Å². The Morgan fingerprint density at radius 1 is 1.20 bits per heavy atom. The second kappa shape index (κ2) is 3.95. The molecule has 3 aliphatic heterocycles. The second-order valence-corrected chi connectivity index (χ2v) is 5.90. The van der Waals surface area contributed by atoms with Crippen molar-refractivity contribution in [2.45, 2.75) is 39.6 Å². The van der Waals surface area contributed by atoms with Crippen LogP contribution in [0.5, 0.6) is 0 Å². The van der Waals surface area contributed by atoms with Gasteiger partial charge in [-0.25, -0.2) is 0 Å². The monoisotopic (exact) mass is 272 g/mol. The van der Waals surface area contributed by atoms with Gasteiger partial charge in [-0.2, -0.15) is 15.8 Å².